The number of rotatable bonds is 8. The van der Waals surface area contributed by atoms with Crippen molar-refractivity contribution in [3.05, 3.63) is 59.1 Å². The lowest BCUT2D eigenvalue weighted by Gasteiger charge is -2.14. The molecule has 8 nitrogen and oxygen atoms in total. The van der Waals surface area contributed by atoms with E-state index in [1.807, 2.05) is 0 Å². The van der Waals surface area contributed by atoms with Crippen LogP contribution >= 0.6 is 19.2 Å². The van der Waals surface area contributed by atoms with Crippen LogP contribution in [0.25, 0.3) is 0 Å². The first-order valence-corrected chi connectivity index (χ1v) is 10.9. The lowest BCUT2D eigenvalue weighted by molar-refractivity contribution is 0.182. The van der Waals surface area contributed by atoms with Crippen molar-refractivity contribution in [3.63, 3.8) is 0 Å². The summed E-state index contributed by atoms with van der Waals surface area (Å²) in [6.07, 6.45) is -1.87. The molecule has 0 aliphatic heterocycles. The van der Waals surface area contributed by atoms with Crippen molar-refractivity contribution in [1.82, 2.24) is 4.72 Å². The number of hydrogen-bond acceptors (Lipinski definition) is 5. The van der Waals surface area contributed by atoms with Crippen molar-refractivity contribution in [1.29, 1.82) is 0 Å². The predicted molar refractivity (Wildman–Crippen MR) is 95.6 cm³/mol. The lowest BCUT2D eigenvalue weighted by Crippen LogP contribution is -2.28. The number of aliphatic hydroxyl groups excluding tert-OH is 1. The van der Waals surface area contributed by atoms with E-state index in [4.69, 9.17) is 26.1 Å². The molecule has 0 amide bonds. The van der Waals surface area contributed by atoms with E-state index in [9.17, 15) is 18.1 Å². The maximum absolute atomic E-state index is 12.2. The number of ether oxygens (including phenoxy) is 1. The quantitative estimate of drug-likeness (QED) is 0.478. The summed E-state index contributed by atoms with van der Waals surface area (Å²) in [6.45, 7) is -0.256. The number of sulfonamides is 1. The normalized spacial score (nSPS) is 13.4. The largest absolute Gasteiger partial charge is 0.481 e. The molecule has 1 unspecified atom stereocenters. The van der Waals surface area contributed by atoms with E-state index in [-0.39, 0.29) is 17.2 Å². The standard InChI is InChI=1S/C15H17ClNO7PS/c16-12-3-7-14(8-4-12)26(22,23)17-9-15(18)11-1-5-13(6-2-11)24-10-25(19,20)21/h1-8,15,17-18H,9-10H2,(H2,19,20,21). The molecular formula is C15H17ClNO7PS. The molecule has 4 N–H and O–H groups in total. The molecule has 1 atom stereocenters. The molecule has 0 radical (unpaired) electrons. The molecule has 11 heteroatoms. The van der Waals surface area contributed by atoms with E-state index < -0.39 is 30.1 Å². The van der Waals surface area contributed by atoms with E-state index >= 15 is 0 Å². The van der Waals surface area contributed by atoms with Crippen LogP contribution < -0.4 is 9.46 Å². The summed E-state index contributed by atoms with van der Waals surface area (Å²) in [5.41, 5.74) is 0.410. The van der Waals surface area contributed by atoms with Crippen molar-refractivity contribution in [2.75, 3.05) is 12.9 Å². The minimum atomic E-state index is -4.28. The van der Waals surface area contributed by atoms with E-state index in [0.717, 1.165) is 0 Å². The Labute approximate surface area is 155 Å². The molecule has 0 bridgehead atoms. The highest BCUT2D eigenvalue weighted by Crippen LogP contribution is 2.34. The molecule has 2 rings (SSSR count). The topological polar surface area (TPSA) is 133 Å². The molecule has 0 heterocycles. The minimum Gasteiger partial charge on any atom is -0.481 e. The fourth-order valence-electron chi connectivity index (χ4n) is 1.95. The van der Waals surface area contributed by atoms with Gasteiger partial charge in [-0.1, -0.05) is 23.7 Å². The average molecular weight is 422 g/mol. The highest BCUT2D eigenvalue weighted by atomic mass is 35.5. The van der Waals surface area contributed by atoms with Crippen molar-refractivity contribution in [2.45, 2.75) is 11.0 Å². The Hall–Kier alpha value is -1.45. The summed E-state index contributed by atoms with van der Waals surface area (Å²) in [7, 11) is -8.07. The van der Waals surface area contributed by atoms with Gasteiger partial charge in [-0.15, -0.1) is 0 Å². The third-order valence-corrected chi connectivity index (χ3v) is 5.41. The molecule has 0 aliphatic carbocycles. The SMILES string of the molecule is O=P(O)(O)COc1ccc(C(O)CNS(=O)(=O)c2ccc(Cl)cc2)cc1. The van der Waals surface area contributed by atoms with Crippen LogP contribution in [0.4, 0.5) is 0 Å². The van der Waals surface area contributed by atoms with E-state index in [2.05, 4.69) is 4.72 Å². The Morgan fingerprint density at radius 3 is 2.19 bits per heavy atom. The van der Waals surface area contributed by atoms with Gasteiger partial charge in [0.15, 0.2) is 6.35 Å². The third kappa shape index (κ3) is 6.37. The zero-order valence-electron chi connectivity index (χ0n) is 13.3. The van der Waals surface area contributed by atoms with Gasteiger partial charge in [-0.2, -0.15) is 0 Å². The smallest absolute Gasteiger partial charge is 0.362 e. The monoisotopic (exact) mass is 421 g/mol. The van der Waals surface area contributed by atoms with Crippen LogP contribution in [-0.2, 0) is 14.6 Å². The molecule has 142 valence electrons. The third-order valence-electron chi connectivity index (χ3n) is 3.25. The summed E-state index contributed by atoms with van der Waals surface area (Å²) in [5, 5.41) is 10.5. The van der Waals surface area contributed by atoms with Gasteiger partial charge >= 0.3 is 7.60 Å². The molecule has 0 aromatic heterocycles. The van der Waals surface area contributed by atoms with Gasteiger partial charge in [0, 0.05) is 11.6 Å². The summed E-state index contributed by atoms with van der Waals surface area (Å²) in [4.78, 5) is 17.5. The van der Waals surface area contributed by atoms with Gasteiger partial charge in [0.05, 0.1) is 11.0 Å². The molecule has 2 aromatic rings. The Bertz CT molecular complexity index is 881. The van der Waals surface area contributed by atoms with Gasteiger partial charge in [0.2, 0.25) is 10.0 Å². The van der Waals surface area contributed by atoms with Crippen molar-refractivity contribution >= 4 is 29.2 Å². The van der Waals surface area contributed by atoms with Crippen LogP contribution in [0, 0.1) is 0 Å². The molecule has 0 saturated carbocycles. The molecule has 0 spiro atoms. The van der Waals surface area contributed by atoms with Gasteiger partial charge in [-0.25, -0.2) is 13.1 Å². The van der Waals surface area contributed by atoms with Crippen LogP contribution in [0.2, 0.25) is 5.02 Å². The maximum atomic E-state index is 12.2. The zero-order chi connectivity index (χ0) is 19.4. The van der Waals surface area contributed by atoms with Crippen LogP contribution in [0.15, 0.2) is 53.4 Å². The molecular weight excluding hydrogens is 405 g/mol. The Morgan fingerprint density at radius 2 is 1.65 bits per heavy atom. The Morgan fingerprint density at radius 1 is 1.08 bits per heavy atom. The molecule has 0 aliphatic rings. The van der Waals surface area contributed by atoms with Gasteiger partial charge in [0.1, 0.15) is 5.75 Å². The van der Waals surface area contributed by atoms with E-state index in [0.29, 0.717) is 10.6 Å². The number of nitrogens with one attached hydrogen (secondary N) is 1. The summed E-state index contributed by atoms with van der Waals surface area (Å²) < 4.78 is 42.3. The first kappa shape index (κ1) is 20.9. The van der Waals surface area contributed by atoms with E-state index in [1.54, 1.807) is 0 Å². The fraction of sp³-hybridized carbons (Fsp3) is 0.200. The number of benzene rings is 2. The summed E-state index contributed by atoms with van der Waals surface area (Å²) in [6, 6.07) is 11.4. The Kier molecular flexibility index (Phi) is 6.81. The second kappa shape index (κ2) is 8.49. The molecule has 26 heavy (non-hydrogen) atoms. The number of hydrogen-bond donors (Lipinski definition) is 4. The summed E-state index contributed by atoms with van der Waals surface area (Å²) >= 11 is 5.72. The molecule has 0 saturated heterocycles. The van der Waals surface area contributed by atoms with Crippen LogP contribution in [0.5, 0.6) is 5.75 Å². The van der Waals surface area contributed by atoms with Crippen LogP contribution in [0.3, 0.4) is 0 Å². The Balaban J connectivity index is 1.96. The average Bonchev–Trinajstić information content (AvgIpc) is 2.58. The van der Waals surface area contributed by atoms with Gasteiger partial charge in [-0.3, -0.25) is 4.57 Å². The fourth-order valence-corrected chi connectivity index (χ4v) is 3.43. The molecule has 2 aromatic carbocycles. The van der Waals surface area contributed by atoms with Crippen LogP contribution in [-0.4, -0.2) is 36.2 Å². The van der Waals surface area contributed by atoms with Crippen molar-refractivity contribution in [2.24, 2.45) is 0 Å². The minimum absolute atomic E-state index is 0.0234. The zero-order valence-corrected chi connectivity index (χ0v) is 15.8. The first-order valence-electron chi connectivity index (χ1n) is 7.27. The predicted octanol–water partition coefficient (Wildman–Crippen LogP) is 1.87. The highest BCUT2D eigenvalue weighted by molar-refractivity contribution is 7.89. The second-order valence-electron chi connectivity index (χ2n) is 5.33. The van der Waals surface area contributed by atoms with Gasteiger partial charge in [-0.05, 0) is 42.0 Å². The maximum Gasteiger partial charge on any atom is 0.362 e. The summed E-state index contributed by atoms with van der Waals surface area (Å²) in [5.74, 6) is 0.214. The van der Waals surface area contributed by atoms with Gasteiger partial charge < -0.3 is 19.6 Å². The molecule has 0 fully saturated rings. The van der Waals surface area contributed by atoms with E-state index in [1.165, 1.54) is 48.5 Å². The highest BCUT2D eigenvalue weighted by Gasteiger charge is 2.17. The van der Waals surface area contributed by atoms with Gasteiger partial charge in [0.25, 0.3) is 0 Å². The number of aliphatic hydroxyl groups is 1. The lowest BCUT2D eigenvalue weighted by atomic mass is 10.1. The second-order valence-corrected chi connectivity index (χ2v) is 9.12. The van der Waals surface area contributed by atoms with Crippen molar-refractivity contribution < 1.29 is 32.6 Å². The van der Waals surface area contributed by atoms with Crippen molar-refractivity contribution in [3.8, 4) is 5.75 Å². The first-order chi connectivity index (χ1) is 12.1. The number of halogens is 1. The van der Waals surface area contributed by atoms with Crippen LogP contribution in [0.1, 0.15) is 11.7 Å².